The molecular weight excluding hydrogens is 334 g/mol. The van der Waals surface area contributed by atoms with E-state index in [1.54, 1.807) is 20.1 Å². The second-order valence-corrected chi connectivity index (χ2v) is 7.31. The van der Waals surface area contributed by atoms with Crippen molar-refractivity contribution in [3.05, 3.63) is 40.3 Å². The molecule has 0 fully saturated rings. The molecule has 0 N–H and O–H groups in total. The fraction of sp³-hybridized carbons (Fsp3) is 0.500. The van der Waals surface area contributed by atoms with Crippen LogP contribution in [0.25, 0.3) is 11.1 Å². The van der Waals surface area contributed by atoms with Gasteiger partial charge in [-0.25, -0.2) is 4.79 Å². The van der Waals surface area contributed by atoms with Crippen molar-refractivity contribution < 1.29 is 19.0 Å². The highest BCUT2D eigenvalue weighted by molar-refractivity contribution is 5.94. The number of methoxy groups -OCH3 is 1. The van der Waals surface area contributed by atoms with Crippen LogP contribution in [0.5, 0.6) is 5.75 Å². The molecule has 6 heteroatoms. The Hall–Kier alpha value is -2.34. The van der Waals surface area contributed by atoms with Crippen LogP contribution in [0.4, 0.5) is 0 Å². The summed E-state index contributed by atoms with van der Waals surface area (Å²) in [5.74, 6) is -0.109. The molecule has 0 saturated heterocycles. The number of carbonyl (C=O) groups is 1. The molecule has 0 aromatic heterocycles. The first-order chi connectivity index (χ1) is 12.3. The Bertz CT molecular complexity index is 788. The minimum Gasteiger partial charge on any atom is -0.488 e. The maximum absolute atomic E-state index is 12.7. The number of aromatic nitrogens is 1. The maximum atomic E-state index is 12.7. The molecule has 6 nitrogen and oxygen atoms in total. The maximum Gasteiger partial charge on any atom is 0.358 e. The summed E-state index contributed by atoms with van der Waals surface area (Å²) in [6.45, 7) is 9.51. The molecule has 0 saturated carbocycles. The summed E-state index contributed by atoms with van der Waals surface area (Å²) in [6, 6.07) is 4.74. The van der Waals surface area contributed by atoms with Crippen molar-refractivity contribution >= 4 is 5.97 Å². The van der Waals surface area contributed by atoms with Crippen molar-refractivity contribution in [1.82, 2.24) is 4.57 Å². The van der Waals surface area contributed by atoms with Crippen LogP contribution in [0, 0.1) is 5.41 Å². The van der Waals surface area contributed by atoms with Gasteiger partial charge >= 0.3 is 5.97 Å². The molecule has 2 rings (SSSR count). The van der Waals surface area contributed by atoms with Crippen LogP contribution in [0.2, 0.25) is 0 Å². The van der Waals surface area contributed by atoms with Gasteiger partial charge in [0.25, 0.3) is 0 Å². The number of rotatable bonds is 7. The molecule has 1 aliphatic carbocycles. The number of ether oxygens (including phenoxy) is 3. The zero-order chi connectivity index (χ0) is 19.3. The Morgan fingerprint density at radius 1 is 1.19 bits per heavy atom. The number of hydrogen-bond acceptors (Lipinski definition) is 5. The Morgan fingerprint density at radius 3 is 2.54 bits per heavy atom. The van der Waals surface area contributed by atoms with Crippen molar-refractivity contribution in [1.29, 1.82) is 0 Å². The van der Waals surface area contributed by atoms with E-state index in [1.165, 1.54) is 12.1 Å². The molecule has 1 heterocycles. The van der Waals surface area contributed by atoms with Crippen molar-refractivity contribution in [3.63, 3.8) is 0 Å². The number of esters is 1. The van der Waals surface area contributed by atoms with Crippen LogP contribution in [0.15, 0.2) is 29.2 Å². The Kier molecular flexibility index (Phi) is 6.42. The second-order valence-electron chi connectivity index (χ2n) is 7.31. The van der Waals surface area contributed by atoms with Gasteiger partial charge in [0.1, 0.15) is 6.61 Å². The van der Waals surface area contributed by atoms with Gasteiger partial charge in [-0.15, -0.1) is 0 Å². The molecule has 0 aromatic rings. The van der Waals surface area contributed by atoms with Gasteiger partial charge < -0.3 is 18.8 Å². The zero-order valence-electron chi connectivity index (χ0n) is 16.1. The van der Waals surface area contributed by atoms with Gasteiger partial charge in [-0.1, -0.05) is 20.8 Å². The molecule has 0 unspecified atom stereocenters. The molecule has 26 heavy (non-hydrogen) atoms. The lowest BCUT2D eigenvalue weighted by molar-refractivity contribution is 0.0502. The van der Waals surface area contributed by atoms with Gasteiger partial charge in [0, 0.05) is 31.0 Å². The van der Waals surface area contributed by atoms with E-state index in [0.717, 1.165) is 5.56 Å². The molecule has 0 radical (unpaired) electrons. The summed E-state index contributed by atoms with van der Waals surface area (Å²) < 4.78 is 18.0. The number of benzene rings is 1. The third-order valence-corrected chi connectivity index (χ3v) is 3.71. The standard InChI is InChI=1S/C20H27NO5/c1-6-25-19(23)17-18(26-10-9-24-5)16-11-15(22)8-7-14(16)12-21(17)13-20(2,3)4/h7-8,11-12H,6,9-10,13H2,1-5H3. The molecule has 1 aliphatic heterocycles. The molecule has 0 atom stereocenters. The third-order valence-electron chi connectivity index (χ3n) is 3.71. The molecule has 0 spiro atoms. The van der Waals surface area contributed by atoms with Gasteiger partial charge in [0.2, 0.25) is 0 Å². The minimum absolute atomic E-state index is 0.0676. The quantitative estimate of drug-likeness (QED) is 0.560. The van der Waals surface area contributed by atoms with E-state index in [2.05, 4.69) is 20.8 Å². The molecule has 0 aromatic carbocycles. The van der Waals surface area contributed by atoms with Crippen LogP contribution >= 0.6 is 0 Å². The molecular formula is C20H27NO5. The van der Waals surface area contributed by atoms with E-state index in [0.29, 0.717) is 30.2 Å². The first-order valence-electron chi connectivity index (χ1n) is 8.73. The summed E-state index contributed by atoms with van der Waals surface area (Å²) in [5.41, 5.74) is 1.53. The summed E-state index contributed by atoms with van der Waals surface area (Å²) in [4.78, 5) is 24.6. The van der Waals surface area contributed by atoms with Crippen molar-refractivity contribution in [3.8, 4) is 16.9 Å². The summed E-state index contributed by atoms with van der Waals surface area (Å²) in [7, 11) is 1.58. The number of carbonyl (C=O) groups excluding carboxylic acids is 1. The predicted octanol–water partition coefficient (Wildman–Crippen LogP) is 3.20. The fourth-order valence-corrected chi connectivity index (χ4v) is 2.75. The van der Waals surface area contributed by atoms with Gasteiger partial charge in [0.05, 0.1) is 13.2 Å². The van der Waals surface area contributed by atoms with Crippen LogP contribution in [-0.2, 0) is 16.0 Å². The van der Waals surface area contributed by atoms with Gasteiger partial charge in [-0.3, -0.25) is 4.79 Å². The molecule has 0 bridgehead atoms. The normalized spacial score (nSPS) is 11.6. The van der Waals surface area contributed by atoms with E-state index in [-0.39, 0.29) is 24.1 Å². The van der Waals surface area contributed by atoms with Crippen LogP contribution in [0.1, 0.15) is 38.2 Å². The lowest BCUT2D eigenvalue weighted by atomic mass is 9.95. The fourth-order valence-electron chi connectivity index (χ4n) is 2.75. The number of nitrogens with zero attached hydrogens (tertiary/aromatic N) is 1. The Labute approximate surface area is 154 Å². The van der Waals surface area contributed by atoms with E-state index in [9.17, 15) is 9.59 Å². The summed E-state index contributed by atoms with van der Waals surface area (Å²) in [5, 5.41) is 0. The first kappa shape index (κ1) is 20.0. The van der Waals surface area contributed by atoms with Gasteiger partial charge in [0.15, 0.2) is 16.9 Å². The van der Waals surface area contributed by atoms with E-state index in [1.807, 2.05) is 10.8 Å². The van der Waals surface area contributed by atoms with Crippen LogP contribution < -0.4 is 10.2 Å². The summed E-state index contributed by atoms with van der Waals surface area (Å²) in [6.07, 6.45) is 1.87. The average molecular weight is 361 g/mol. The highest BCUT2D eigenvalue weighted by Gasteiger charge is 2.26. The lowest BCUT2D eigenvalue weighted by Gasteiger charge is -2.26. The Morgan fingerprint density at radius 2 is 1.92 bits per heavy atom. The topological polar surface area (TPSA) is 66.8 Å². The van der Waals surface area contributed by atoms with Crippen molar-refractivity contribution in [2.45, 2.75) is 34.2 Å². The summed E-state index contributed by atoms with van der Waals surface area (Å²) >= 11 is 0. The Balaban J connectivity index is 2.72. The van der Waals surface area contributed by atoms with E-state index >= 15 is 0 Å². The third kappa shape index (κ3) is 4.85. The number of hydrogen-bond donors (Lipinski definition) is 0. The minimum atomic E-state index is -0.470. The van der Waals surface area contributed by atoms with Gasteiger partial charge in [-0.05, 0) is 30.5 Å². The SMILES string of the molecule is CCOC(=O)c1c(OCCOC)c2cc(=O)ccc-2cn1CC(C)(C)C. The monoisotopic (exact) mass is 361 g/mol. The van der Waals surface area contributed by atoms with Crippen molar-refractivity contribution in [2.24, 2.45) is 5.41 Å². The first-order valence-corrected chi connectivity index (χ1v) is 8.73. The number of pyridine rings is 1. The molecule has 2 aliphatic rings. The molecule has 0 amide bonds. The van der Waals surface area contributed by atoms with Gasteiger partial charge in [-0.2, -0.15) is 0 Å². The van der Waals surface area contributed by atoms with E-state index in [4.69, 9.17) is 14.2 Å². The average Bonchev–Trinajstić information content (AvgIpc) is 2.54. The highest BCUT2D eigenvalue weighted by Crippen LogP contribution is 2.36. The van der Waals surface area contributed by atoms with Crippen molar-refractivity contribution in [2.75, 3.05) is 26.9 Å². The molecule has 142 valence electrons. The smallest absolute Gasteiger partial charge is 0.358 e. The largest absolute Gasteiger partial charge is 0.488 e. The lowest BCUT2D eigenvalue weighted by Crippen LogP contribution is -2.24. The highest BCUT2D eigenvalue weighted by atomic mass is 16.5. The second kappa shape index (κ2) is 8.36. The van der Waals surface area contributed by atoms with E-state index < -0.39 is 5.97 Å². The van der Waals surface area contributed by atoms with Crippen LogP contribution in [0.3, 0.4) is 0 Å². The van der Waals surface area contributed by atoms with Crippen LogP contribution in [-0.4, -0.2) is 37.5 Å². The zero-order valence-corrected chi connectivity index (χ0v) is 16.1. The predicted molar refractivity (Wildman–Crippen MR) is 100 cm³/mol. The number of fused-ring (bicyclic) bond motifs is 1.